The van der Waals surface area contributed by atoms with Gasteiger partial charge in [-0.1, -0.05) is 166 Å². The normalized spacial score (nSPS) is 13.1. The fraction of sp³-hybridized carbons (Fsp3) is 0.0526. The molecule has 13 rings (SSSR count). The maximum atomic E-state index is 5.82. The zero-order chi connectivity index (χ0) is 41.1. The van der Waals surface area contributed by atoms with Gasteiger partial charge in [-0.2, -0.15) is 4.98 Å². The molecule has 0 radical (unpaired) electrons. The summed E-state index contributed by atoms with van der Waals surface area (Å²) >= 11 is 1.86. The molecule has 0 atom stereocenters. The van der Waals surface area contributed by atoms with Crippen LogP contribution < -0.4 is 4.90 Å². The Morgan fingerprint density at radius 3 is 1.95 bits per heavy atom. The molecule has 0 spiro atoms. The third kappa shape index (κ3) is 4.94. The molecule has 3 aromatic heterocycles. The van der Waals surface area contributed by atoms with Crippen molar-refractivity contribution in [2.45, 2.75) is 19.3 Å². The minimum atomic E-state index is -0.176. The van der Waals surface area contributed by atoms with E-state index in [-0.39, 0.29) is 5.41 Å². The van der Waals surface area contributed by atoms with E-state index in [0.29, 0.717) is 5.95 Å². The number of hydrogen-bond acceptors (Lipinski definition) is 4. The molecular formula is C57H38N4S. The monoisotopic (exact) mass is 810 g/mol. The first-order valence-electron chi connectivity index (χ1n) is 21.3. The summed E-state index contributed by atoms with van der Waals surface area (Å²) in [5.74, 6) is 1.46. The number of benzene rings is 9. The van der Waals surface area contributed by atoms with Crippen molar-refractivity contribution in [1.29, 1.82) is 0 Å². The topological polar surface area (TPSA) is 34.0 Å². The third-order valence-corrected chi connectivity index (χ3v) is 14.4. The second-order valence-corrected chi connectivity index (χ2v) is 18.0. The lowest BCUT2D eigenvalue weighted by Gasteiger charge is -2.29. The summed E-state index contributed by atoms with van der Waals surface area (Å²) in [4.78, 5) is 13.7. The summed E-state index contributed by atoms with van der Waals surface area (Å²) in [7, 11) is 0. The van der Waals surface area contributed by atoms with Crippen LogP contribution in [0.25, 0.3) is 91.9 Å². The molecule has 0 unspecified atom stereocenters. The number of anilines is 3. The van der Waals surface area contributed by atoms with Gasteiger partial charge >= 0.3 is 0 Å². The van der Waals surface area contributed by atoms with Crippen molar-refractivity contribution in [2.75, 3.05) is 4.90 Å². The maximum absolute atomic E-state index is 5.82. The van der Waals surface area contributed by atoms with Crippen molar-refractivity contribution in [3.8, 4) is 28.2 Å². The lowest BCUT2D eigenvalue weighted by atomic mass is 9.82. The molecule has 1 aliphatic carbocycles. The molecule has 62 heavy (non-hydrogen) atoms. The largest absolute Gasteiger partial charge is 0.294 e. The summed E-state index contributed by atoms with van der Waals surface area (Å²) in [5.41, 5.74) is 12.5. The average Bonchev–Trinajstić information content (AvgIpc) is 3.96. The van der Waals surface area contributed by atoms with E-state index in [0.717, 1.165) is 44.7 Å². The van der Waals surface area contributed by atoms with Gasteiger partial charge in [0.1, 0.15) is 0 Å². The molecule has 4 nitrogen and oxygen atoms in total. The summed E-state index contributed by atoms with van der Waals surface area (Å²) in [6, 6.07) is 70.2. The van der Waals surface area contributed by atoms with E-state index < -0.39 is 0 Å². The van der Waals surface area contributed by atoms with Crippen LogP contribution in [0.5, 0.6) is 0 Å². The smallest absolute Gasteiger partial charge is 0.237 e. The molecule has 0 fully saturated rings. The molecule has 1 aliphatic rings. The average molecular weight is 811 g/mol. The van der Waals surface area contributed by atoms with Crippen LogP contribution in [0.4, 0.5) is 17.2 Å². The van der Waals surface area contributed by atoms with Gasteiger partial charge in [0.2, 0.25) is 5.95 Å². The molecule has 0 bridgehead atoms. The van der Waals surface area contributed by atoms with Gasteiger partial charge in [-0.15, -0.1) is 11.3 Å². The second kappa shape index (κ2) is 13.2. The van der Waals surface area contributed by atoms with Crippen LogP contribution in [0.15, 0.2) is 194 Å². The van der Waals surface area contributed by atoms with Crippen LogP contribution in [0, 0.1) is 0 Å². The highest BCUT2D eigenvalue weighted by Crippen LogP contribution is 2.55. The van der Waals surface area contributed by atoms with Crippen LogP contribution in [0.2, 0.25) is 0 Å². The lowest BCUT2D eigenvalue weighted by molar-refractivity contribution is 0.660. The van der Waals surface area contributed by atoms with Gasteiger partial charge in [0.25, 0.3) is 0 Å². The standard InChI is InChI=1S/C57H38N4S/c1-57(2)44-25-12-8-21-40(44)52-45(57)26-16-29-48(52)60(37-33-31-36(32-34-37)35-17-4-3-5-18-35)55-41-22-9-13-27-46(41)58-56(59-55)61-47-28-14-10-23-42(47)50-38-19-6-7-20-39(38)51-43-24-11-15-30-49(43)62-54(51)53(50)61/h3-34H,1-2H3. The fourth-order valence-electron chi connectivity index (χ4n) is 10.4. The van der Waals surface area contributed by atoms with Gasteiger partial charge in [0.05, 0.1) is 26.9 Å². The zero-order valence-corrected chi connectivity index (χ0v) is 35.0. The molecule has 0 amide bonds. The Labute approximate surface area is 362 Å². The number of rotatable bonds is 5. The molecule has 0 aliphatic heterocycles. The van der Waals surface area contributed by atoms with Crippen molar-refractivity contribution in [3.05, 3.63) is 205 Å². The molecule has 0 N–H and O–H groups in total. The summed E-state index contributed by atoms with van der Waals surface area (Å²) in [6.45, 7) is 4.69. The van der Waals surface area contributed by atoms with Gasteiger partial charge in [-0.05, 0) is 81.1 Å². The van der Waals surface area contributed by atoms with E-state index in [4.69, 9.17) is 9.97 Å². The summed E-state index contributed by atoms with van der Waals surface area (Å²) in [5, 5.41) is 8.43. The molecule has 9 aromatic carbocycles. The maximum Gasteiger partial charge on any atom is 0.237 e. The van der Waals surface area contributed by atoms with E-state index >= 15 is 0 Å². The Hall–Kier alpha value is -7.60. The quantitative estimate of drug-likeness (QED) is 0.174. The highest BCUT2D eigenvalue weighted by atomic mass is 32.1. The van der Waals surface area contributed by atoms with Crippen molar-refractivity contribution in [2.24, 2.45) is 0 Å². The highest BCUT2D eigenvalue weighted by molar-refractivity contribution is 7.27. The molecule has 12 aromatic rings. The van der Waals surface area contributed by atoms with E-state index in [1.807, 2.05) is 11.3 Å². The third-order valence-electron chi connectivity index (χ3n) is 13.2. The Balaban J connectivity index is 1.15. The Kier molecular flexibility index (Phi) is 7.49. The van der Waals surface area contributed by atoms with Crippen molar-refractivity contribution in [3.63, 3.8) is 0 Å². The number of aromatic nitrogens is 3. The molecule has 0 saturated heterocycles. The van der Waals surface area contributed by atoms with Crippen molar-refractivity contribution >= 4 is 92.2 Å². The highest BCUT2D eigenvalue weighted by Gasteiger charge is 2.38. The van der Waals surface area contributed by atoms with Gasteiger partial charge in [0, 0.05) is 48.3 Å². The minimum absolute atomic E-state index is 0.176. The van der Waals surface area contributed by atoms with E-state index in [1.165, 1.54) is 69.5 Å². The Bertz CT molecular complexity index is 3780. The molecule has 3 heterocycles. The van der Waals surface area contributed by atoms with Gasteiger partial charge in [-0.25, -0.2) is 4.98 Å². The van der Waals surface area contributed by atoms with Gasteiger partial charge < -0.3 is 0 Å². The first kappa shape index (κ1) is 35.2. The molecule has 292 valence electrons. The van der Waals surface area contributed by atoms with E-state index in [1.54, 1.807) is 0 Å². The first-order valence-corrected chi connectivity index (χ1v) is 22.1. The SMILES string of the molecule is CC1(C)c2ccccc2-c2c(N(c3ccc(-c4ccccc4)cc3)c3nc(-n4c5ccccc5c5c6ccccc6c6c7ccccc7sc6c54)nc4ccccc34)cccc21. The van der Waals surface area contributed by atoms with Crippen LogP contribution in [-0.4, -0.2) is 14.5 Å². The number of nitrogens with zero attached hydrogens (tertiary/aromatic N) is 4. The number of fused-ring (bicyclic) bond motifs is 14. The zero-order valence-electron chi connectivity index (χ0n) is 34.2. The lowest BCUT2D eigenvalue weighted by Crippen LogP contribution is -2.17. The number of para-hydroxylation sites is 2. The van der Waals surface area contributed by atoms with Crippen molar-refractivity contribution < 1.29 is 0 Å². The molecule has 0 saturated carbocycles. The van der Waals surface area contributed by atoms with Crippen LogP contribution in [0.1, 0.15) is 25.0 Å². The van der Waals surface area contributed by atoms with E-state index in [2.05, 4.69) is 217 Å². The second-order valence-electron chi connectivity index (χ2n) is 16.9. The van der Waals surface area contributed by atoms with Gasteiger partial charge in [-0.3, -0.25) is 9.47 Å². The van der Waals surface area contributed by atoms with Crippen molar-refractivity contribution in [1.82, 2.24) is 14.5 Å². The van der Waals surface area contributed by atoms with Crippen LogP contribution in [0.3, 0.4) is 0 Å². The molecular weight excluding hydrogens is 773 g/mol. The molecule has 5 heteroatoms. The fourth-order valence-corrected chi connectivity index (χ4v) is 11.6. The number of hydrogen-bond donors (Lipinski definition) is 0. The predicted molar refractivity (Wildman–Crippen MR) is 262 cm³/mol. The van der Waals surface area contributed by atoms with E-state index in [9.17, 15) is 0 Å². The van der Waals surface area contributed by atoms with Gasteiger partial charge in [0.15, 0.2) is 5.82 Å². The predicted octanol–water partition coefficient (Wildman–Crippen LogP) is 15.7. The van der Waals surface area contributed by atoms with Crippen LogP contribution in [-0.2, 0) is 5.41 Å². The summed E-state index contributed by atoms with van der Waals surface area (Å²) < 4.78 is 4.85. The summed E-state index contributed by atoms with van der Waals surface area (Å²) in [6.07, 6.45) is 0. The number of thiophene rings is 1. The first-order chi connectivity index (χ1) is 30.5. The minimum Gasteiger partial charge on any atom is -0.294 e. The van der Waals surface area contributed by atoms with Crippen LogP contribution >= 0.6 is 11.3 Å². The Morgan fingerprint density at radius 2 is 1.13 bits per heavy atom. The Morgan fingerprint density at radius 1 is 0.500 bits per heavy atom.